The highest BCUT2D eigenvalue weighted by Gasteiger charge is 2.33. The van der Waals surface area contributed by atoms with Crippen LogP contribution in [0, 0.1) is 0 Å². The van der Waals surface area contributed by atoms with E-state index < -0.39 is 9.84 Å². The Labute approximate surface area is 164 Å². The van der Waals surface area contributed by atoms with Crippen molar-refractivity contribution >= 4 is 31.3 Å². The number of benzene rings is 2. The molecule has 0 N–H and O–H groups in total. The zero-order chi connectivity index (χ0) is 18.7. The Balaban J connectivity index is 1.89. The van der Waals surface area contributed by atoms with Gasteiger partial charge in [0.25, 0.3) is 0 Å². The van der Waals surface area contributed by atoms with Gasteiger partial charge >= 0.3 is 0 Å². The smallest absolute Gasteiger partial charge is 0.203 e. The fourth-order valence-corrected chi connectivity index (χ4v) is 5.03. The second kappa shape index (κ2) is 7.97. The zero-order valence-electron chi connectivity index (χ0n) is 15.1. The maximum absolute atomic E-state index is 12.9. The highest BCUT2D eigenvalue weighted by Crippen LogP contribution is 2.43. The molecule has 0 amide bonds. The van der Waals surface area contributed by atoms with Gasteiger partial charge in [0.05, 0.1) is 16.4 Å². The molecule has 138 valence electrons. The minimum Gasteiger partial charge on any atom is -0.494 e. The molecule has 0 fully saturated rings. The molecule has 0 spiro atoms. The molecule has 0 radical (unpaired) electrons. The topological polar surface area (TPSA) is 43.4 Å². The first-order chi connectivity index (χ1) is 12.4. The van der Waals surface area contributed by atoms with Crippen LogP contribution in [-0.2, 0) is 9.84 Å². The molecule has 0 bridgehead atoms. The normalized spacial score (nSPS) is 15.2. The third kappa shape index (κ3) is 3.74. The lowest BCUT2D eigenvalue weighted by molar-refractivity contribution is 0.304. The van der Waals surface area contributed by atoms with Gasteiger partial charge in [0.2, 0.25) is 9.84 Å². The van der Waals surface area contributed by atoms with Crippen molar-refractivity contribution in [2.75, 3.05) is 6.61 Å². The van der Waals surface area contributed by atoms with Gasteiger partial charge in [-0.25, -0.2) is 8.42 Å². The highest BCUT2D eigenvalue weighted by atomic mass is 79.9. The number of sulfone groups is 1. The van der Waals surface area contributed by atoms with Gasteiger partial charge in [-0.3, -0.25) is 0 Å². The summed E-state index contributed by atoms with van der Waals surface area (Å²) >= 11 is 3.42. The van der Waals surface area contributed by atoms with E-state index >= 15 is 0 Å². The quantitative estimate of drug-likeness (QED) is 0.503. The molecule has 0 aliphatic carbocycles. The van der Waals surface area contributed by atoms with Gasteiger partial charge < -0.3 is 4.74 Å². The summed E-state index contributed by atoms with van der Waals surface area (Å²) < 4.78 is 32.5. The van der Waals surface area contributed by atoms with Crippen LogP contribution < -0.4 is 4.74 Å². The van der Waals surface area contributed by atoms with Crippen LogP contribution in [0.15, 0.2) is 56.7 Å². The van der Waals surface area contributed by atoms with E-state index in [9.17, 15) is 8.42 Å². The molecule has 0 aromatic heterocycles. The van der Waals surface area contributed by atoms with E-state index in [0.29, 0.717) is 22.2 Å². The van der Waals surface area contributed by atoms with Crippen molar-refractivity contribution in [1.82, 2.24) is 0 Å². The van der Waals surface area contributed by atoms with Crippen LogP contribution in [0.5, 0.6) is 5.75 Å². The Morgan fingerprint density at radius 3 is 2.42 bits per heavy atom. The van der Waals surface area contributed by atoms with Gasteiger partial charge in [-0.05, 0) is 49.2 Å². The van der Waals surface area contributed by atoms with E-state index in [2.05, 4.69) is 22.9 Å². The molecule has 5 heteroatoms. The third-order valence-corrected chi connectivity index (χ3v) is 7.12. The van der Waals surface area contributed by atoms with Crippen LogP contribution in [-0.4, -0.2) is 15.0 Å². The Hall–Kier alpha value is -1.59. The molecule has 0 unspecified atom stereocenters. The van der Waals surface area contributed by atoms with Crippen LogP contribution in [0.25, 0.3) is 5.57 Å². The molecule has 3 nitrogen and oxygen atoms in total. The zero-order valence-corrected chi connectivity index (χ0v) is 17.5. The van der Waals surface area contributed by atoms with Gasteiger partial charge in [0.1, 0.15) is 5.75 Å². The number of ether oxygens (including phenoxy) is 1. The summed E-state index contributed by atoms with van der Waals surface area (Å²) in [4.78, 5) is 0.744. The molecule has 0 saturated carbocycles. The summed E-state index contributed by atoms with van der Waals surface area (Å²) in [6.07, 6.45) is 4.50. The maximum Gasteiger partial charge on any atom is 0.203 e. The molecule has 1 aliphatic rings. The SMILES string of the molecule is CCCCCCOc1ccc2c(c1)S(=O)(=O)C(C)=C2c1ccc(Br)cc1. The van der Waals surface area contributed by atoms with Crippen LogP contribution in [0.1, 0.15) is 50.7 Å². The lowest BCUT2D eigenvalue weighted by Crippen LogP contribution is -2.01. The number of fused-ring (bicyclic) bond motifs is 1. The predicted molar refractivity (Wildman–Crippen MR) is 109 cm³/mol. The van der Waals surface area contributed by atoms with Crippen molar-refractivity contribution in [1.29, 1.82) is 0 Å². The molecule has 1 heterocycles. The molecule has 2 aromatic rings. The lowest BCUT2D eigenvalue weighted by Gasteiger charge is -2.09. The summed E-state index contributed by atoms with van der Waals surface area (Å²) in [7, 11) is -3.47. The second-order valence-electron chi connectivity index (χ2n) is 6.51. The molecule has 26 heavy (non-hydrogen) atoms. The van der Waals surface area contributed by atoms with Crippen molar-refractivity contribution in [3.63, 3.8) is 0 Å². The van der Waals surface area contributed by atoms with Crippen LogP contribution in [0.4, 0.5) is 0 Å². The van der Waals surface area contributed by atoms with E-state index in [-0.39, 0.29) is 0 Å². The predicted octanol–water partition coefficient (Wildman–Crippen LogP) is 5.97. The number of hydrogen-bond acceptors (Lipinski definition) is 3. The van der Waals surface area contributed by atoms with Crippen molar-refractivity contribution in [2.45, 2.75) is 44.4 Å². The molecule has 2 aromatic carbocycles. The first-order valence-corrected chi connectivity index (χ1v) is 11.2. The monoisotopic (exact) mass is 434 g/mol. The number of hydrogen-bond donors (Lipinski definition) is 0. The fourth-order valence-electron chi connectivity index (χ4n) is 3.20. The molecular formula is C21H23BrO3S. The molecular weight excluding hydrogens is 412 g/mol. The van der Waals surface area contributed by atoms with Gasteiger partial charge in [0.15, 0.2) is 0 Å². The van der Waals surface area contributed by atoms with Crippen LogP contribution in [0.2, 0.25) is 0 Å². The molecule has 1 aliphatic heterocycles. The van der Waals surface area contributed by atoms with Crippen molar-refractivity contribution < 1.29 is 13.2 Å². The first-order valence-electron chi connectivity index (χ1n) is 8.94. The van der Waals surface area contributed by atoms with Crippen LogP contribution >= 0.6 is 15.9 Å². The standard InChI is InChI=1S/C21H23BrO3S/c1-3-4-5-6-13-25-18-11-12-19-20(14-18)26(23,24)15(2)21(19)16-7-9-17(22)10-8-16/h7-12,14H,3-6,13H2,1-2H3. The van der Waals surface area contributed by atoms with Gasteiger partial charge in [-0.2, -0.15) is 0 Å². The van der Waals surface area contributed by atoms with Gasteiger partial charge in [-0.1, -0.05) is 54.2 Å². The number of halogens is 1. The van der Waals surface area contributed by atoms with E-state index in [4.69, 9.17) is 4.74 Å². The Morgan fingerprint density at radius 1 is 1.00 bits per heavy atom. The van der Waals surface area contributed by atoms with E-state index in [1.807, 2.05) is 36.4 Å². The summed E-state index contributed by atoms with van der Waals surface area (Å²) in [5.74, 6) is 0.619. The summed E-state index contributed by atoms with van der Waals surface area (Å²) in [6, 6.07) is 13.1. The second-order valence-corrected chi connectivity index (χ2v) is 9.48. The summed E-state index contributed by atoms with van der Waals surface area (Å²) in [6.45, 7) is 4.47. The average molecular weight is 435 g/mol. The molecule has 0 atom stereocenters. The molecule has 0 saturated heterocycles. The highest BCUT2D eigenvalue weighted by molar-refractivity contribution is 9.10. The summed E-state index contributed by atoms with van der Waals surface area (Å²) in [5.41, 5.74) is 2.44. The van der Waals surface area contributed by atoms with Crippen molar-refractivity contribution in [3.05, 3.63) is 63.0 Å². The minimum absolute atomic E-state index is 0.346. The van der Waals surface area contributed by atoms with E-state index in [0.717, 1.165) is 34.0 Å². The third-order valence-electron chi connectivity index (χ3n) is 4.67. The van der Waals surface area contributed by atoms with E-state index in [1.54, 1.807) is 13.0 Å². The fraction of sp³-hybridized carbons (Fsp3) is 0.333. The minimum atomic E-state index is -3.47. The van der Waals surface area contributed by atoms with Gasteiger partial charge in [0, 0.05) is 15.6 Å². The Bertz CT molecular complexity index is 928. The number of unbranched alkanes of at least 4 members (excludes halogenated alkanes) is 3. The van der Waals surface area contributed by atoms with Crippen LogP contribution in [0.3, 0.4) is 0 Å². The first kappa shape index (κ1) is 19.2. The Morgan fingerprint density at radius 2 is 1.73 bits per heavy atom. The van der Waals surface area contributed by atoms with Crippen molar-refractivity contribution in [3.8, 4) is 5.75 Å². The Kier molecular flexibility index (Phi) is 5.88. The van der Waals surface area contributed by atoms with E-state index in [1.165, 1.54) is 12.8 Å². The average Bonchev–Trinajstić information content (AvgIpc) is 2.82. The number of allylic oxidation sites excluding steroid dienone is 1. The lowest BCUT2D eigenvalue weighted by atomic mass is 9.98. The number of rotatable bonds is 7. The van der Waals surface area contributed by atoms with Crippen molar-refractivity contribution in [2.24, 2.45) is 0 Å². The maximum atomic E-state index is 12.9. The van der Waals surface area contributed by atoms with Gasteiger partial charge in [-0.15, -0.1) is 0 Å². The molecule has 3 rings (SSSR count). The largest absolute Gasteiger partial charge is 0.494 e. The summed E-state index contributed by atoms with van der Waals surface area (Å²) in [5, 5.41) is 0.